The second kappa shape index (κ2) is 14.0. The highest BCUT2D eigenvalue weighted by molar-refractivity contribution is 6.32. The molecular formula is C31H36ClFN2O10. The third-order valence-electron chi connectivity index (χ3n) is 8.00. The van der Waals surface area contributed by atoms with Crippen molar-refractivity contribution in [3.8, 4) is 11.5 Å². The van der Waals surface area contributed by atoms with Crippen LogP contribution in [-0.2, 0) is 19.0 Å². The average molecular weight is 651 g/mol. The summed E-state index contributed by atoms with van der Waals surface area (Å²) in [7, 11) is 0. The molecule has 1 aliphatic carbocycles. The van der Waals surface area contributed by atoms with Crippen molar-refractivity contribution >= 4 is 29.3 Å². The molecule has 5 rings (SSSR count). The first-order valence-corrected chi connectivity index (χ1v) is 14.7. The molecule has 9 atom stereocenters. The van der Waals surface area contributed by atoms with Crippen molar-refractivity contribution in [3.63, 3.8) is 0 Å². The smallest absolute Gasteiger partial charge is 0.247 e. The van der Waals surface area contributed by atoms with E-state index in [1.165, 1.54) is 18.2 Å². The number of benzene rings is 2. The van der Waals surface area contributed by atoms with Crippen molar-refractivity contribution in [1.29, 1.82) is 0 Å². The molecule has 2 heterocycles. The summed E-state index contributed by atoms with van der Waals surface area (Å²) in [6.07, 6.45) is -4.73. The zero-order chi connectivity index (χ0) is 32.4. The number of aliphatic hydroxyl groups is 4. The van der Waals surface area contributed by atoms with Gasteiger partial charge in [-0.15, -0.1) is 0 Å². The fourth-order valence-electron chi connectivity index (χ4n) is 5.53. The summed E-state index contributed by atoms with van der Waals surface area (Å²) >= 11 is 6.03. The van der Waals surface area contributed by atoms with Gasteiger partial charge in [0.25, 0.3) is 0 Å². The normalized spacial score (nSPS) is 31.9. The molecular weight excluding hydrogens is 615 g/mol. The van der Waals surface area contributed by atoms with Gasteiger partial charge in [-0.1, -0.05) is 17.7 Å². The van der Waals surface area contributed by atoms with Crippen LogP contribution in [0.1, 0.15) is 25.8 Å². The van der Waals surface area contributed by atoms with E-state index in [1.807, 2.05) is 0 Å². The van der Waals surface area contributed by atoms with Crippen LogP contribution in [0.3, 0.4) is 0 Å². The first kappa shape index (κ1) is 33.1. The number of amides is 1. The molecule has 0 bridgehead atoms. The summed E-state index contributed by atoms with van der Waals surface area (Å²) in [5.41, 5.74) is 7.99. The molecule has 2 aromatic carbocycles. The first-order chi connectivity index (χ1) is 21.4. The van der Waals surface area contributed by atoms with Gasteiger partial charge in [0.2, 0.25) is 12.2 Å². The van der Waals surface area contributed by atoms with Gasteiger partial charge in [0.15, 0.2) is 0 Å². The highest BCUT2D eigenvalue weighted by Gasteiger charge is 2.53. The number of fused-ring (bicyclic) bond motifs is 1. The lowest BCUT2D eigenvalue weighted by Gasteiger charge is -2.41. The van der Waals surface area contributed by atoms with Crippen molar-refractivity contribution in [1.82, 2.24) is 5.32 Å². The summed E-state index contributed by atoms with van der Waals surface area (Å²) in [5, 5.41) is 44.8. The Morgan fingerprint density at radius 1 is 1.07 bits per heavy atom. The van der Waals surface area contributed by atoms with E-state index < -0.39 is 66.8 Å². The van der Waals surface area contributed by atoms with E-state index >= 15 is 0 Å². The molecule has 3 fully saturated rings. The number of carbonyl (C=O) groups is 1. The first-order valence-electron chi connectivity index (χ1n) is 14.3. The van der Waals surface area contributed by atoms with Gasteiger partial charge in [0.05, 0.1) is 22.9 Å². The highest BCUT2D eigenvalue weighted by atomic mass is 35.5. The van der Waals surface area contributed by atoms with Gasteiger partial charge in [-0.2, -0.15) is 0 Å². The molecule has 0 radical (unpaired) electrons. The quantitative estimate of drug-likeness (QED) is 0.132. The zero-order valence-corrected chi connectivity index (χ0v) is 25.3. The minimum Gasteiger partial charge on any atom is -0.488 e. The number of nitrogens with two attached hydrogens (primary N) is 1. The topological polar surface area (TPSA) is 182 Å². The molecule has 0 aromatic heterocycles. The fraction of sp³-hybridized carbons (Fsp3) is 0.452. The van der Waals surface area contributed by atoms with Crippen LogP contribution in [-0.4, -0.2) is 94.8 Å². The molecule has 14 heteroatoms. The van der Waals surface area contributed by atoms with Gasteiger partial charge in [0.1, 0.15) is 67.3 Å². The van der Waals surface area contributed by atoms with Gasteiger partial charge >= 0.3 is 0 Å². The Morgan fingerprint density at radius 3 is 2.53 bits per heavy atom. The maximum atomic E-state index is 13.5. The summed E-state index contributed by atoms with van der Waals surface area (Å²) in [5.74, 6) is -0.531. The number of halogens is 2. The predicted molar refractivity (Wildman–Crippen MR) is 160 cm³/mol. The van der Waals surface area contributed by atoms with Crippen LogP contribution in [0.2, 0.25) is 5.02 Å². The summed E-state index contributed by atoms with van der Waals surface area (Å²) in [4.78, 5) is 12.9. The fourth-order valence-corrected chi connectivity index (χ4v) is 5.70. The van der Waals surface area contributed by atoms with E-state index in [0.29, 0.717) is 16.9 Å². The lowest BCUT2D eigenvalue weighted by atomic mass is 9.83. The van der Waals surface area contributed by atoms with Crippen molar-refractivity contribution in [2.24, 2.45) is 0 Å². The van der Waals surface area contributed by atoms with Crippen LogP contribution in [0.5, 0.6) is 11.5 Å². The third-order valence-corrected chi connectivity index (χ3v) is 8.32. The van der Waals surface area contributed by atoms with Crippen LogP contribution in [0.15, 0.2) is 53.6 Å². The monoisotopic (exact) mass is 650 g/mol. The SMILES string of the molecule is C/C(=C\c1ccc(O[C@H]2C[C@H](O)[C@@H](/C(C)=C/COc3cc(F)ccc3Cl)O2)c(N)c1)C(=O)N[C@@H]1C(O)C(O)C2OCO[C@H]2[C@@H]1O. The summed E-state index contributed by atoms with van der Waals surface area (Å²) in [6.45, 7) is 3.27. The van der Waals surface area contributed by atoms with E-state index in [2.05, 4.69) is 5.32 Å². The van der Waals surface area contributed by atoms with Crippen molar-refractivity contribution in [2.45, 2.75) is 75.3 Å². The molecule has 1 saturated carbocycles. The third kappa shape index (κ3) is 7.42. The molecule has 0 spiro atoms. The Labute approximate surface area is 263 Å². The van der Waals surface area contributed by atoms with Gasteiger partial charge in [-0.3, -0.25) is 4.79 Å². The van der Waals surface area contributed by atoms with Gasteiger partial charge < -0.3 is 55.2 Å². The number of aliphatic hydroxyl groups excluding tert-OH is 4. The standard InChI is InChI=1S/C31H36ClFN2O10/c1-14(7-8-41-22-11-17(33)4-5-18(22)32)28-20(36)12-23(45-28)44-21-6-3-16(10-19(21)34)9-15(2)31(40)35-24-25(37)27(39)30-29(26(24)38)42-13-43-30/h3-7,9-11,20,23-30,36-39H,8,12-13,34H2,1-2H3,(H,35,40)/b14-7+,15-9+/t20-,23+,24+,25?,26+,27?,28+,29-,30?/m0/s1. The molecule has 2 aliphatic heterocycles. The minimum atomic E-state index is -1.46. The van der Waals surface area contributed by atoms with Crippen molar-refractivity contribution in [3.05, 3.63) is 70.0 Å². The maximum absolute atomic E-state index is 13.5. The van der Waals surface area contributed by atoms with Gasteiger partial charge in [0, 0.05) is 18.1 Å². The van der Waals surface area contributed by atoms with Crippen LogP contribution < -0.4 is 20.5 Å². The Kier molecular flexibility index (Phi) is 10.3. The number of nitrogen functional groups attached to an aromatic ring is 1. The Morgan fingerprint density at radius 2 is 1.80 bits per heavy atom. The number of hydrogen-bond donors (Lipinski definition) is 6. The number of ether oxygens (including phenoxy) is 5. The second-order valence-electron chi connectivity index (χ2n) is 11.2. The predicted octanol–water partition coefficient (Wildman–Crippen LogP) is 1.67. The Bertz CT molecular complexity index is 1460. The number of nitrogens with one attached hydrogen (secondary N) is 1. The molecule has 2 aromatic rings. The Hall–Kier alpha value is -3.27. The Balaban J connectivity index is 1.16. The highest BCUT2D eigenvalue weighted by Crippen LogP contribution is 2.33. The van der Waals surface area contributed by atoms with Gasteiger partial charge in [-0.25, -0.2) is 4.39 Å². The van der Waals surface area contributed by atoms with Crippen molar-refractivity contribution < 1.29 is 53.3 Å². The molecule has 1 amide bonds. The van der Waals surface area contributed by atoms with E-state index in [0.717, 1.165) is 0 Å². The number of anilines is 1. The van der Waals surface area contributed by atoms with Crippen LogP contribution in [0, 0.1) is 5.82 Å². The van der Waals surface area contributed by atoms with E-state index in [1.54, 1.807) is 44.2 Å². The average Bonchev–Trinajstić information content (AvgIpc) is 3.64. The number of rotatable bonds is 9. The molecule has 7 N–H and O–H groups in total. The molecule has 244 valence electrons. The number of carbonyl (C=O) groups excluding carboxylic acids is 1. The van der Waals surface area contributed by atoms with Gasteiger partial charge in [-0.05, 0) is 61.4 Å². The zero-order valence-electron chi connectivity index (χ0n) is 24.5. The van der Waals surface area contributed by atoms with E-state index in [4.69, 9.17) is 41.0 Å². The van der Waals surface area contributed by atoms with Crippen LogP contribution in [0.4, 0.5) is 10.1 Å². The number of hydrogen-bond acceptors (Lipinski definition) is 11. The summed E-state index contributed by atoms with van der Waals surface area (Å²) < 4.78 is 41.4. The molecule has 3 aliphatic rings. The maximum Gasteiger partial charge on any atom is 0.247 e. The lowest BCUT2D eigenvalue weighted by molar-refractivity contribution is -0.155. The minimum absolute atomic E-state index is 0.0839. The lowest BCUT2D eigenvalue weighted by Crippen LogP contribution is -2.67. The van der Waals surface area contributed by atoms with Crippen LogP contribution in [0.25, 0.3) is 6.08 Å². The molecule has 12 nitrogen and oxygen atoms in total. The van der Waals surface area contributed by atoms with E-state index in [9.17, 15) is 29.6 Å². The second-order valence-corrected chi connectivity index (χ2v) is 11.6. The molecule has 3 unspecified atom stereocenters. The molecule has 2 saturated heterocycles. The van der Waals surface area contributed by atoms with Crippen molar-refractivity contribution in [2.75, 3.05) is 19.1 Å². The summed E-state index contributed by atoms with van der Waals surface area (Å²) in [6, 6.07) is 7.52. The largest absolute Gasteiger partial charge is 0.488 e. The van der Waals surface area contributed by atoms with Crippen LogP contribution >= 0.6 is 11.6 Å². The van der Waals surface area contributed by atoms with E-state index in [-0.39, 0.29) is 41.9 Å². The molecule has 45 heavy (non-hydrogen) atoms.